The summed E-state index contributed by atoms with van der Waals surface area (Å²) < 4.78 is 13.9. The van der Waals surface area contributed by atoms with Crippen LogP contribution < -0.4 is 5.73 Å². The summed E-state index contributed by atoms with van der Waals surface area (Å²) in [5.41, 5.74) is 10.1. The smallest absolute Gasteiger partial charge is 0.257 e. The van der Waals surface area contributed by atoms with E-state index in [1.807, 2.05) is 38.4 Å². The number of fused-ring (bicyclic) bond motifs is 7. The summed E-state index contributed by atoms with van der Waals surface area (Å²) >= 11 is 0. The third-order valence-electron chi connectivity index (χ3n) is 12.3. The number of nitrogens with zero attached hydrogens (tertiary/aromatic N) is 1. The minimum Gasteiger partial charge on any atom is -0.399 e. The largest absolute Gasteiger partial charge is 0.399 e. The molecule has 1 saturated heterocycles. The van der Waals surface area contributed by atoms with Crippen LogP contribution in [0.2, 0.25) is 0 Å². The van der Waals surface area contributed by atoms with Crippen molar-refractivity contribution in [3.05, 3.63) is 76.9 Å². The van der Waals surface area contributed by atoms with Gasteiger partial charge in [0.1, 0.15) is 6.10 Å². The summed E-state index contributed by atoms with van der Waals surface area (Å²) in [4.78, 5) is 28.5. The fourth-order valence-electron chi connectivity index (χ4n) is 10.6. The van der Waals surface area contributed by atoms with Crippen LogP contribution in [0.15, 0.2) is 60.2 Å². The van der Waals surface area contributed by atoms with Crippen LogP contribution >= 0.6 is 0 Å². The second-order valence-corrected chi connectivity index (χ2v) is 14.9. The number of hydrogen-bond acceptors (Lipinski definition) is 5. The molecule has 7 rings (SSSR count). The van der Waals surface area contributed by atoms with Gasteiger partial charge in [-0.05, 0) is 96.9 Å². The molecule has 0 bridgehead atoms. The van der Waals surface area contributed by atoms with Crippen LogP contribution in [0.5, 0.6) is 0 Å². The number of rotatable bonds is 4. The zero-order chi connectivity index (χ0) is 30.3. The molecule has 0 aromatic heterocycles. The van der Waals surface area contributed by atoms with Crippen molar-refractivity contribution >= 4 is 17.4 Å². The fraction of sp³-hybridized carbons (Fsp3) is 0.568. The van der Waals surface area contributed by atoms with E-state index in [0.29, 0.717) is 30.1 Å². The summed E-state index contributed by atoms with van der Waals surface area (Å²) in [7, 11) is 3.70. The van der Waals surface area contributed by atoms with Gasteiger partial charge in [-0.3, -0.25) is 9.59 Å². The molecule has 43 heavy (non-hydrogen) atoms. The van der Waals surface area contributed by atoms with Gasteiger partial charge >= 0.3 is 0 Å². The zero-order valence-electron chi connectivity index (χ0n) is 26.3. The van der Waals surface area contributed by atoms with E-state index in [1.54, 1.807) is 4.90 Å². The highest BCUT2D eigenvalue weighted by Crippen LogP contribution is 2.72. The van der Waals surface area contributed by atoms with E-state index in [0.717, 1.165) is 60.9 Å². The Morgan fingerprint density at radius 3 is 2.56 bits per heavy atom. The van der Waals surface area contributed by atoms with Crippen LogP contribution in [0.4, 0.5) is 5.69 Å². The van der Waals surface area contributed by atoms with Crippen molar-refractivity contribution in [2.24, 2.45) is 34.5 Å². The molecule has 1 heterocycles. The molecular formula is C37H46N2O4. The summed E-state index contributed by atoms with van der Waals surface area (Å²) in [5, 5.41) is 0. The van der Waals surface area contributed by atoms with Crippen LogP contribution in [0.25, 0.3) is 0 Å². The molecule has 0 radical (unpaired) electrons. The van der Waals surface area contributed by atoms with Gasteiger partial charge in [0.2, 0.25) is 0 Å². The summed E-state index contributed by atoms with van der Waals surface area (Å²) in [6.07, 6.45) is 7.22. The Hall–Kier alpha value is -2.96. The third-order valence-corrected chi connectivity index (χ3v) is 12.3. The molecule has 0 spiro atoms. The monoisotopic (exact) mass is 582 g/mol. The number of ether oxygens (including phenoxy) is 2. The molecule has 6 nitrogen and oxygen atoms in total. The molecule has 1 aliphatic heterocycles. The Kier molecular flexibility index (Phi) is 6.72. The zero-order valence-corrected chi connectivity index (χ0v) is 26.3. The first-order chi connectivity index (χ1) is 20.5. The van der Waals surface area contributed by atoms with Gasteiger partial charge in [0.05, 0.1) is 0 Å². The maximum atomic E-state index is 14.4. The van der Waals surface area contributed by atoms with Gasteiger partial charge in [-0.1, -0.05) is 62.7 Å². The van der Waals surface area contributed by atoms with Gasteiger partial charge in [0, 0.05) is 37.2 Å². The van der Waals surface area contributed by atoms with E-state index in [1.165, 1.54) is 5.57 Å². The van der Waals surface area contributed by atoms with Crippen molar-refractivity contribution in [2.45, 2.75) is 83.7 Å². The highest BCUT2D eigenvalue weighted by atomic mass is 16.7. The van der Waals surface area contributed by atoms with E-state index in [-0.39, 0.29) is 28.6 Å². The average Bonchev–Trinajstić information content (AvgIpc) is 3.46. The second kappa shape index (κ2) is 10.0. The lowest BCUT2D eigenvalue weighted by molar-refractivity contribution is -0.199. The van der Waals surface area contributed by atoms with E-state index in [4.69, 9.17) is 15.2 Å². The number of ketones is 1. The minimum atomic E-state index is -1.03. The maximum absolute atomic E-state index is 14.4. The van der Waals surface area contributed by atoms with Crippen LogP contribution in [0.1, 0.15) is 82.3 Å². The lowest BCUT2D eigenvalue weighted by atomic mass is 9.43. The SMILES string of the molecule is CC1CC2(C)[C@@H](C[C@H]3OC(c4cccc(Cc5cccc(N)c5)c4)O[C@]32C(=O)N(C)C)[C@@H]2CCC3=CC(=O)CC[C@]3(C)[C@@H]12. The van der Waals surface area contributed by atoms with Crippen molar-refractivity contribution in [3.8, 4) is 0 Å². The van der Waals surface area contributed by atoms with E-state index >= 15 is 0 Å². The molecule has 5 aliphatic rings. The molecule has 2 aromatic carbocycles. The van der Waals surface area contributed by atoms with Gasteiger partial charge in [-0.25, -0.2) is 0 Å². The number of benzene rings is 2. The predicted octanol–water partition coefficient (Wildman–Crippen LogP) is 6.49. The van der Waals surface area contributed by atoms with Crippen LogP contribution in [0, 0.1) is 34.5 Å². The Morgan fingerprint density at radius 2 is 1.81 bits per heavy atom. The van der Waals surface area contributed by atoms with Crippen molar-refractivity contribution in [1.82, 2.24) is 4.90 Å². The molecule has 3 unspecified atom stereocenters. The predicted molar refractivity (Wildman–Crippen MR) is 167 cm³/mol. The molecule has 6 heteroatoms. The van der Waals surface area contributed by atoms with E-state index in [2.05, 4.69) is 51.1 Å². The lowest BCUT2D eigenvalue weighted by Crippen LogP contribution is -2.63. The van der Waals surface area contributed by atoms with Crippen molar-refractivity contribution in [2.75, 3.05) is 19.8 Å². The van der Waals surface area contributed by atoms with Crippen LogP contribution in [-0.4, -0.2) is 42.4 Å². The van der Waals surface area contributed by atoms with Gasteiger partial charge in [-0.15, -0.1) is 0 Å². The summed E-state index contributed by atoms with van der Waals surface area (Å²) in [6, 6.07) is 16.4. The summed E-state index contributed by atoms with van der Waals surface area (Å²) in [5.74, 6) is 2.03. The molecule has 9 atom stereocenters. The molecule has 3 saturated carbocycles. The molecule has 4 aliphatic carbocycles. The topological polar surface area (TPSA) is 81.9 Å². The van der Waals surface area contributed by atoms with Crippen LogP contribution in [-0.2, 0) is 25.5 Å². The van der Waals surface area contributed by atoms with Gasteiger partial charge in [0.15, 0.2) is 17.7 Å². The first-order valence-electron chi connectivity index (χ1n) is 16.2. The number of nitrogen functional groups attached to an aromatic ring is 1. The molecular weight excluding hydrogens is 536 g/mol. The first-order valence-corrected chi connectivity index (χ1v) is 16.2. The number of nitrogens with two attached hydrogens (primary N) is 1. The number of carbonyl (C=O) groups is 2. The number of hydrogen-bond donors (Lipinski definition) is 1. The van der Waals surface area contributed by atoms with Crippen LogP contribution in [0.3, 0.4) is 0 Å². The molecule has 4 fully saturated rings. The number of amides is 1. The Bertz CT molecular complexity index is 1500. The Morgan fingerprint density at radius 1 is 1.07 bits per heavy atom. The maximum Gasteiger partial charge on any atom is 0.257 e. The van der Waals surface area contributed by atoms with Crippen molar-refractivity contribution in [3.63, 3.8) is 0 Å². The number of likely N-dealkylation sites (N-methyl/N-ethyl adjacent to an activating group) is 1. The van der Waals surface area contributed by atoms with Gasteiger partial charge < -0.3 is 20.1 Å². The number of anilines is 1. The molecule has 1 amide bonds. The highest BCUT2D eigenvalue weighted by molar-refractivity contribution is 5.91. The molecule has 2 N–H and O–H groups in total. The van der Waals surface area contributed by atoms with Crippen molar-refractivity contribution in [1.29, 1.82) is 0 Å². The normalized spacial score (nSPS) is 39.7. The van der Waals surface area contributed by atoms with Crippen molar-refractivity contribution < 1.29 is 19.1 Å². The lowest BCUT2D eigenvalue weighted by Gasteiger charge is -2.61. The van der Waals surface area contributed by atoms with E-state index in [9.17, 15) is 9.59 Å². The van der Waals surface area contributed by atoms with E-state index < -0.39 is 11.9 Å². The Labute approximate surface area is 256 Å². The molecule has 2 aromatic rings. The minimum absolute atomic E-state index is 0.0254. The number of carbonyl (C=O) groups excluding carboxylic acids is 2. The quantitative estimate of drug-likeness (QED) is 0.417. The molecule has 228 valence electrons. The number of allylic oxidation sites excluding steroid dienone is 1. The average molecular weight is 583 g/mol. The summed E-state index contributed by atoms with van der Waals surface area (Å²) in [6.45, 7) is 7.13. The first kappa shape index (κ1) is 28.8. The third kappa shape index (κ3) is 4.19. The van der Waals surface area contributed by atoms with Gasteiger partial charge in [-0.2, -0.15) is 0 Å². The Balaban J connectivity index is 1.22. The fourth-order valence-corrected chi connectivity index (χ4v) is 10.6. The second-order valence-electron chi connectivity index (χ2n) is 14.9. The standard InChI is InChI=1S/C37H46N2O4/c1-22-21-36(3)30(29-13-12-26-19-28(40)14-15-35(26,2)32(22)29)20-31-37(36,34(41)39(4)5)43-33(42-31)25-10-6-8-23(17-25)16-24-9-7-11-27(38)18-24/h6-11,17-19,22,29-33H,12-16,20-21,38H2,1-5H3/t22?,29-,30-,31+,32-,33?,35-,36?,37-/m0/s1. The highest BCUT2D eigenvalue weighted by Gasteiger charge is 2.76. The van der Waals surface area contributed by atoms with Gasteiger partial charge in [0.25, 0.3) is 5.91 Å².